The molecule has 1 aliphatic rings. The van der Waals surface area contributed by atoms with E-state index in [9.17, 15) is 0 Å². The van der Waals surface area contributed by atoms with Crippen LogP contribution >= 0.6 is 0 Å². The summed E-state index contributed by atoms with van der Waals surface area (Å²) in [5, 5.41) is 0. The molecule has 12 heavy (non-hydrogen) atoms. The van der Waals surface area contributed by atoms with Crippen LogP contribution in [-0.4, -0.2) is 0 Å². The third kappa shape index (κ3) is 1.84. The quantitative estimate of drug-likeness (QED) is 0.592. The van der Waals surface area contributed by atoms with Crippen LogP contribution in [0.2, 0.25) is 0 Å². The molecule has 0 heteroatoms. The van der Waals surface area contributed by atoms with Gasteiger partial charge in [0.25, 0.3) is 0 Å². The van der Waals surface area contributed by atoms with Crippen molar-refractivity contribution in [2.24, 2.45) is 23.2 Å². The summed E-state index contributed by atoms with van der Waals surface area (Å²) in [6.07, 6.45) is 4.19. The molecule has 0 nitrogen and oxygen atoms in total. The maximum atomic E-state index is 2.46. The van der Waals surface area contributed by atoms with Gasteiger partial charge in [0.15, 0.2) is 0 Å². The Labute approximate surface area is 77.7 Å². The molecular formula is C12H24. The molecule has 2 unspecified atom stereocenters. The largest absolute Gasteiger partial charge is 0.0651 e. The zero-order valence-electron chi connectivity index (χ0n) is 9.35. The van der Waals surface area contributed by atoms with Crippen LogP contribution < -0.4 is 0 Å². The summed E-state index contributed by atoms with van der Waals surface area (Å²) in [4.78, 5) is 0. The molecule has 1 saturated carbocycles. The monoisotopic (exact) mass is 168 g/mol. The van der Waals surface area contributed by atoms with Crippen molar-refractivity contribution in [2.45, 2.75) is 53.9 Å². The van der Waals surface area contributed by atoms with Gasteiger partial charge >= 0.3 is 0 Å². The van der Waals surface area contributed by atoms with Crippen LogP contribution in [0.4, 0.5) is 0 Å². The SMILES string of the molecule is CCC(CC)C(C)C1CC1(C)C. The Bertz CT molecular complexity index is 140. The van der Waals surface area contributed by atoms with Crippen molar-refractivity contribution >= 4 is 0 Å². The fourth-order valence-electron chi connectivity index (χ4n) is 2.77. The van der Waals surface area contributed by atoms with Gasteiger partial charge in [-0.3, -0.25) is 0 Å². The van der Waals surface area contributed by atoms with E-state index in [-0.39, 0.29) is 0 Å². The standard InChI is InChI=1S/C12H24/c1-6-10(7-2)9(3)11-8-12(11,4)5/h9-11H,6-8H2,1-5H3. The Morgan fingerprint density at radius 3 is 1.92 bits per heavy atom. The molecule has 0 saturated heterocycles. The predicted molar refractivity (Wildman–Crippen MR) is 55.1 cm³/mol. The highest BCUT2D eigenvalue weighted by atomic mass is 14.5. The fraction of sp³-hybridized carbons (Fsp3) is 1.00. The fourth-order valence-corrected chi connectivity index (χ4v) is 2.77. The van der Waals surface area contributed by atoms with Gasteiger partial charge in [0, 0.05) is 0 Å². The minimum atomic E-state index is 0.669. The summed E-state index contributed by atoms with van der Waals surface area (Å²) in [7, 11) is 0. The molecular weight excluding hydrogens is 144 g/mol. The zero-order valence-corrected chi connectivity index (χ0v) is 9.35. The Balaban J connectivity index is 2.43. The van der Waals surface area contributed by atoms with E-state index in [4.69, 9.17) is 0 Å². The van der Waals surface area contributed by atoms with E-state index in [1.54, 1.807) is 0 Å². The van der Waals surface area contributed by atoms with Crippen molar-refractivity contribution in [3.05, 3.63) is 0 Å². The maximum Gasteiger partial charge on any atom is -0.0320 e. The van der Waals surface area contributed by atoms with E-state index >= 15 is 0 Å². The van der Waals surface area contributed by atoms with Gasteiger partial charge in [0.2, 0.25) is 0 Å². The van der Waals surface area contributed by atoms with Crippen molar-refractivity contribution in [1.82, 2.24) is 0 Å². The first kappa shape index (κ1) is 10.1. The molecule has 0 aromatic rings. The molecule has 2 atom stereocenters. The van der Waals surface area contributed by atoms with Crippen molar-refractivity contribution < 1.29 is 0 Å². The lowest BCUT2D eigenvalue weighted by molar-refractivity contribution is 0.274. The molecule has 1 fully saturated rings. The Morgan fingerprint density at radius 1 is 1.25 bits per heavy atom. The van der Waals surface area contributed by atoms with Gasteiger partial charge in [-0.1, -0.05) is 47.5 Å². The van der Waals surface area contributed by atoms with Gasteiger partial charge in [-0.15, -0.1) is 0 Å². The molecule has 0 aliphatic heterocycles. The summed E-state index contributed by atoms with van der Waals surface area (Å²) in [6, 6.07) is 0. The van der Waals surface area contributed by atoms with E-state index in [0.29, 0.717) is 5.41 Å². The van der Waals surface area contributed by atoms with Crippen LogP contribution in [0.3, 0.4) is 0 Å². The van der Waals surface area contributed by atoms with Crippen molar-refractivity contribution in [2.75, 3.05) is 0 Å². The van der Waals surface area contributed by atoms with Crippen LogP contribution in [0.15, 0.2) is 0 Å². The van der Waals surface area contributed by atoms with E-state index in [1.807, 2.05) is 0 Å². The van der Waals surface area contributed by atoms with Gasteiger partial charge in [0.1, 0.15) is 0 Å². The lowest BCUT2D eigenvalue weighted by Crippen LogP contribution is -2.14. The molecule has 72 valence electrons. The Kier molecular flexibility index (Phi) is 2.85. The number of hydrogen-bond acceptors (Lipinski definition) is 0. The number of rotatable bonds is 4. The average molecular weight is 168 g/mol. The molecule has 0 aromatic carbocycles. The number of hydrogen-bond donors (Lipinski definition) is 0. The highest BCUT2D eigenvalue weighted by molar-refractivity contribution is 4.98. The molecule has 0 N–H and O–H groups in total. The second-order valence-corrected chi connectivity index (χ2v) is 5.23. The molecule has 1 aliphatic carbocycles. The predicted octanol–water partition coefficient (Wildman–Crippen LogP) is 4.10. The van der Waals surface area contributed by atoms with Crippen molar-refractivity contribution in [3.8, 4) is 0 Å². The molecule has 1 rings (SSSR count). The van der Waals surface area contributed by atoms with Gasteiger partial charge in [-0.2, -0.15) is 0 Å². The molecule has 0 heterocycles. The lowest BCUT2D eigenvalue weighted by Gasteiger charge is -2.22. The summed E-state index contributed by atoms with van der Waals surface area (Å²) < 4.78 is 0. The van der Waals surface area contributed by atoms with Crippen LogP contribution in [0, 0.1) is 23.2 Å². The van der Waals surface area contributed by atoms with Gasteiger partial charge in [-0.25, -0.2) is 0 Å². The highest BCUT2D eigenvalue weighted by Gasteiger charge is 2.49. The minimum Gasteiger partial charge on any atom is -0.0651 e. The summed E-state index contributed by atoms with van der Waals surface area (Å²) in [5.74, 6) is 2.94. The second-order valence-electron chi connectivity index (χ2n) is 5.23. The molecule has 0 spiro atoms. The molecule has 0 radical (unpaired) electrons. The maximum absolute atomic E-state index is 2.46. The summed E-state index contributed by atoms with van der Waals surface area (Å²) in [5.41, 5.74) is 0.669. The van der Waals surface area contributed by atoms with Crippen LogP contribution in [0.25, 0.3) is 0 Å². The van der Waals surface area contributed by atoms with E-state index < -0.39 is 0 Å². The first-order valence-electron chi connectivity index (χ1n) is 5.53. The van der Waals surface area contributed by atoms with Crippen molar-refractivity contribution in [3.63, 3.8) is 0 Å². The third-order valence-corrected chi connectivity index (χ3v) is 4.02. The van der Waals surface area contributed by atoms with Gasteiger partial charge < -0.3 is 0 Å². The molecule has 0 bridgehead atoms. The van der Waals surface area contributed by atoms with Crippen LogP contribution in [0.5, 0.6) is 0 Å². The van der Waals surface area contributed by atoms with E-state index in [0.717, 1.165) is 17.8 Å². The summed E-state index contributed by atoms with van der Waals surface area (Å²) >= 11 is 0. The van der Waals surface area contributed by atoms with E-state index in [1.165, 1.54) is 19.3 Å². The molecule has 0 aromatic heterocycles. The zero-order chi connectivity index (χ0) is 9.35. The normalized spacial score (nSPS) is 29.0. The first-order valence-corrected chi connectivity index (χ1v) is 5.53. The summed E-state index contributed by atoms with van der Waals surface area (Å²) in [6.45, 7) is 11.9. The Morgan fingerprint density at radius 2 is 1.67 bits per heavy atom. The third-order valence-electron chi connectivity index (χ3n) is 4.02. The second kappa shape index (κ2) is 3.40. The average Bonchev–Trinajstić information content (AvgIpc) is 2.62. The molecule has 0 amide bonds. The van der Waals surface area contributed by atoms with Crippen LogP contribution in [-0.2, 0) is 0 Å². The highest BCUT2D eigenvalue weighted by Crippen LogP contribution is 2.57. The first-order chi connectivity index (χ1) is 5.53. The van der Waals surface area contributed by atoms with Crippen LogP contribution in [0.1, 0.15) is 53.9 Å². The topological polar surface area (TPSA) is 0 Å². The Hall–Kier alpha value is 0. The van der Waals surface area contributed by atoms with E-state index in [2.05, 4.69) is 34.6 Å². The smallest absolute Gasteiger partial charge is 0.0320 e. The lowest BCUT2D eigenvalue weighted by atomic mass is 9.83. The van der Waals surface area contributed by atoms with Gasteiger partial charge in [-0.05, 0) is 29.6 Å². The minimum absolute atomic E-state index is 0.669. The van der Waals surface area contributed by atoms with Gasteiger partial charge in [0.05, 0.1) is 0 Å². The van der Waals surface area contributed by atoms with Crippen molar-refractivity contribution in [1.29, 1.82) is 0 Å².